The van der Waals surface area contributed by atoms with Gasteiger partial charge in [-0.25, -0.2) is 13.6 Å². The summed E-state index contributed by atoms with van der Waals surface area (Å²) in [6.45, 7) is 1.47. The van der Waals surface area contributed by atoms with Crippen molar-refractivity contribution >= 4 is 11.7 Å². The van der Waals surface area contributed by atoms with E-state index in [0.717, 1.165) is 12.8 Å². The Hall–Kier alpha value is -1.89. The third kappa shape index (κ3) is 3.24. The van der Waals surface area contributed by atoms with Crippen LogP contribution in [-0.4, -0.2) is 54.4 Å². The van der Waals surface area contributed by atoms with Crippen molar-refractivity contribution in [3.05, 3.63) is 29.8 Å². The Morgan fingerprint density at radius 2 is 2.00 bits per heavy atom. The SMILES string of the molecule is O=C(NC1CCN(c2c(F)cccc2F)C1)N1CCCC1CO. The Morgan fingerprint density at radius 3 is 2.70 bits per heavy atom. The van der Waals surface area contributed by atoms with Gasteiger partial charge in [-0.2, -0.15) is 0 Å². The molecule has 2 saturated heterocycles. The molecule has 2 heterocycles. The lowest BCUT2D eigenvalue weighted by molar-refractivity contribution is 0.155. The van der Waals surface area contributed by atoms with Gasteiger partial charge in [0.2, 0.25) is 0 Å². The molecule has 2 aliphatic heterocycles. The number of hydrogen-bond donors (Lipinski definition) is 2. The topological polar surface area (TPSA) is 55.8 Å². The average Bonchev–Trinajstić information content (AvgIpc) is 3.16. The van der Waals surface area contributed by atoms with Crippen LogP contribution in [-0.2, 0) is 0 Å². The van der Waals surface area contributed by atoms with E-state index >= 15 is 0 Å². The highest BCUT2D eigenvalue weighted by molar-refractivity contribution is 5.75. The molecule has 0 aliphatic carbocycles. The highest BCUT2D eigenvalue weighted by Gasteiger charge is 2.32. The molecule has 2 atom stereocenters. The van der Waals surface area contributed by atoms with Gasteiger partial charge in [0.15, 0.2) is 0 Å². The van der Waals surface area contributed by atoms with Crippen molar-refractivity contribution in [1.29, 1.82) is 0 Å². The van der Waals surface area contributed by atoms with Crippen LogP contribution >= 0.6 is 0 Å². The van der Waals surface area contributed by atoms with Gasteiger partial charge < -0.3 is 20.2 Å². The quantitative estimate of drug-likeness (QED) is 0.889. The first-order valence-electron chi connectivity index (χ1n) is 7.97. The Balaban J connectivity index is 1.61. The zero-order valence-corrected chi connectivity index (χ0v) is 12.8. The highest BCUT2D eigenvalue weighted by atomic mass is 19.1. The van der Waals surface area contributed by atoms with Gasteiger partial charge in [0, 0.05) is 25.7 Å². The molecule has 7 heteroatoms. The standard InChI is InChI=1S/C16H21F2N3O2/c17-13-4-1-5-14(18)15(13)20-8-6-11(9-20)19-16(23)21-7-2-3-12(21)10-22/h1,4-5,11-12,22H,2-3,6-10H2,(H,19,23). The molecule has 2 unspecified atom stereocenters. The van der Waals surface area contributed by atoms with Gasteiger partial charge in [0.25, 0.3) is 0 Å². The summed E-state index contributed by atoms with van der Waals surface area (Å²) < 4.78 is 27.7. The van der Waals surface area contributed by atoms with E-state index in [2.05, 4.69) is 5.32 Å². The number of halogens is 2. The number of urea groups is 1. The van der Waals surface area contributed by atoms with Crippen LogP contribution in [0.5, 0.6) is 0 Å². The maximum Gasteiger partial charge on any atom is 0.318 e. The number of carbonyl (C=O) groups is 1. The number of nitrogens with zero attached hydrogens (tertiary/aromatic N) is 2. The van der Waals surface area contributed by atoms with Crippen LogP contribution in [0, 0.1) is 11.6 Å². The molecule has 0 aromatic heterocycles. The monoisotopic (exact) mass is 325 g/mol. The zero-order valence-electron chi connectivity index (χ0n) is 12.8. The molecule has 2 amide bonds. The fourth-order valence-corrected chi connectivity index (χ4v) is 3.42. The van der Waals surface area contributed by atoms with Crippen molar-refractivity contribution < 1.29 is 18.7 Å². The molecular formula is C16H21F2N3O2. The van der Waals surface area contributed by atoms with Gasteiger partial charge in [-0.3, -0.25) is 0 Å². The summed E-state index contributed by atoms with van der Waals surface area (Å²) >= 11 is 0. The molecule has 5 nitrogen and oxygen atoms in total. The molecule has 0 saturated carbocycles. The van der Waals surface area contributed by atoms with Crippen LogP contribution in [0.25, 0.3) is 0 Å². The van der Waals surface area contributed by atoms with E-state index in [-0.39, 0.29) is 30.4 Å². The molecule has 0 spiro atoms. The van der Waals surface area contributed by atoms with Crippen LogP contribution in [0.1, 0.15) is 19.3 Å². The minimum absolute atomic E-state index is 0.0290. The lowest BCUT2D eigenvalue weighted by Gasteiger charge is -2.26. The average molecular weight is 325 g/mol. The molecule has 126 valence electrons. The van der Waals surface area contributed by atoms with Crippen LogP contribution < -0.4 is 10.2 Å². The number of benzene rings is 1. The van der Waals surface area contributed by atoms with Crippen LogP contribution in [0.2, 0.25) is 0 Å². The number of para-hydroxylation sites is 1. The summed E-state index contributed by atoms with van der Waals surface area (Å²) in [6, 6.07) is 3.33. The second-order valence-electron chi connectivity index (χ2n) is 6.12. The first-order chi connectivity index (χ1) is 11.1. The Labute approximate surface area is 133 Å². The Morgan fingerprint density at radius 1 is 1.26 bits per heavy atom. The first kappa shape index (κ1) is 16.0. The third-order valence-electron chi connectivity index (χ3n) is 4.62. The molecule has 23 heavy (non-hydrogen) atoms. The molecular weight excluding hydrogens is 304 g/mol. The number of carbonyl (C=O) groups excluding carboxylic acids is 1. The molecule has 2 aliphatic rings. The number of aliphatic hydroxyl groups excluding tert-OH is 1. The van der Waals surface area contributed by atoms with E-state index in [4.69, 9.17) is 0 Å². The smallest absolute Gasteiger partial charge is 0.318 e. The lowest BCUT2D eigenvalue weighted by atomic mass is 10.2. The Bertz CT molecular complexity index is 564. The summed E-state index contributed by atoms with van der Waals surface area (Å²) in [5.74, 6) is -1.17. The second kappa shape index (κ2) is 6.70. The number of rotatable bonds is 3. The minimum atomic E-state index is -0.586. The van der Waals surface area contributed by atoms with Crippen LogP contribution in [0.15, 0.2) is 18.2 Å². The number of anilines is 1. The van der Waals surface area contributed by atoms with E-state index < -0.39 is 11.6 Å². The largest absolute Gasteiger partial charge is 0.394 e. The number of hydrogen-bond acceptors (Lipinski definition) is 3. The molecule has 3 rings (SSSR count). The number of amides is 2. The van der Waals surface area contributed by atoms with Crippen molar-refractivity contribution in [2.45, 2.75) is 31.3 Å². The van der Waals surface area contributed by atoms with Gasteiger partial charge in [-0.15, -0.1) is 0 Å². The van der Waals surface area contributed by atoms with Gasteiger partial charge >= 0.3 is 6.03 Å². The highest BCUT2D eigenvalue weighted by Crippen LogP contribution is 2.27. The lowest BCUT2D eigenvalue weighted by Crippen LogP contribution is -2.48. The minimum Gasteiger partial charge on any atom is -0.394 e. The van der Waals surface area contributed by atoms with Crippen molar-refractivity contribution in [3.63, 3.8) is 0 Å². The fourth-order valence-electron chi connectivity index (χ4n) is 3.42. The van der Waals surface area contributed by atoms with E-state index in [1.807, 2.05) is 0 Å². The third-order valence-corrected chi connectivity index (χ3v) is 4.62. The summed E-state index contributed by atoms with van der Waals surface area (Å²) in [5, 5.41) is 12.2. The van der Waals surface area contributed by atoms with E-state index in [0.29, 0.717) is 26.1 Å². The van der Waals surface area contributed by atoms with Crippen molar-refractivity contribution in [1.82, 2.24) is 10.2 Å². The zero-order chi connectivity index (χ0) is 16.4. The summed E-state index contributed by atoms with van der Waals surface area (Å²) in [4.78, 5) is 15.6. The number of nitrogens with one attached hydrogen (secondary N) is 1. The maximum atomic E-state index is 13.8. The van der Waals surface area contributed by atoms with Gasteiger partial charge in [0.05, 0.1) is 12.6 Å². The van der Waals surface area contributed by atoms with Gasteiger partial charge in [0.1, 0.15) is 17.3 Å². The van der Waals surface area contributed by atoms with Gasteiger partial charge in [-0.1, -0.05) is 6.07 Å². The summed E-state index contributed by atoms with van der Waals surface area (Å²) in [6.07, 6.45) is 2.33. The van der Waals surface area contributed by atoms with E-state index in [9.17, 15) is 18.7 Å². The van der Waals surface area contributed by atoms with Crippen molar-refractivity contribution in [2.24, 2.45) is 0 Å². The molecule has 1 aromatic rings. The normalized spacial score (nSPS) is 24.3. The van der Waals surface area contributed by atoms with Crippen LogP contribution in [0.3, 0.4) is 0 Å². The molecule has 2 N–H and O–H groups in total. The maximum absolute atomic E-state index is 13.8. The fraction of sp³-hybridized carbons (Fsp3) is 0.562. The predicted molar refractivity (Wildman–Crippen MR) is 82.3 cm³/mol. The summed E-state index contributed by atoms with van der Waals surface area (Å²) in [7, 11) is 0. The van der Waals surface area contributed by atoms with Crippen molar-refractivity contribution in [3.8, 4) is 0 Å². The summed E-state index contributed by atoms with van der Waals surface area (Å²) in [5.41, 5.74) is -0.0290. The molecule has 2 fully saturated rings. The predicted octanol–water partition coefficient (Wildman–Crippen LogP) is 1.71. The molecule has 1 aromatic carbocycles. The number of likely N-dealkylation sites (tertiary alicyclic amines) is 1. The van der Waals surface area contributed by atoms with Gasteiger partial charge in [-0.05, 0) is 31.4 Å². The van der Waals surface area contributed by atoms with E-state index in [1.54, 1.807) is 9.80 Å². The number of aliphatic hydroxyl groups is 1. The molecule has 0 bridgehead atoms. The molecule has 0 radical (unpaired) electrons. The second-order valence-corrected chi connectivity index (χ2v) is 6.12. The Kier molecular flexibility index (Phi) is 4.66. The van der Waals surface area contributed by atoms with E-state index in [1.165, 1.54) is 18.2 Å². The van der Waals surface area contributed by atoms with Crippen molar-refractivity contribution in [2.75, 3.05) is 31.1 Å². The van der Waals surface area contributed by atoms with Crippen LogP contribution in [0.4, 0.5) is 19.3 Å². The first-order valence-corrected chi connectivity index (χ1v) is 7.97.